The molecule has 0 radical (unpaired) electrons. The molecule has 0 saturated carbocycles. The fraction of sp³-hybridized carbons (Fsp3) is 0.143. The molecule has 0 unspecified atom stereocenters. The lowest BCUT2D eigenvalue weighted by molar-refractivity contribution is 0.0600. The summed E-state index contributed by atoms with van der Waals surface area (Å²) in [7, 11) is 1.35. The minimum atomic E-state index is -0.368. The molecule has 18 heavy (non-hydrogen) atoms. The predicted molar refractivity (Wildman–Crippen MR) is 67.2 cm³/mol. The normalized spacial score (nSPS) is 10.1. The average Bonchev–Trinajstić information content (AvgIpc) is 2.85. The number of methoxy groups -OCH3 is 1. The first-order chi connectivity index (χ1) is 8.67. The zero-order chi connectivity index (χ0) is 13.1. The van der Waals surface area contributed by atoms with Crippen LogP contribution in [0, 0.1) is 6.92 Å². The van der Waals surface area contributed by atoms with Crippen molar-refractivity contribution >= 4 is 12.3 Å². The van der Waals surface area contributed by atoms with E-state index in [1.807, 2.05) is 13.1 Å². The van der Waals surface area contributed by atoms with Crippen molar-refractivity contribution in [2.24, 2.45) is 0 Å². The molecule has 0 aliphatic carbocycles. The van der Waals surface area contributed by atoms with Gasteiger partial charge in [-0.25, -0.2) is 4.79 Å². The highest BCUT2D eigenvalue weighted by Crippen LogP contribution is 2.18. The molecule has 0 spiro atoms. The van der Waals surface area contributed by atoms with Crippen molar-refractivity contribution in [3.05, 3.63) is 53.3 Å². The lowest BCUT2D eigenvalue weighted by Crippen LogP contribution is -2.04. The Morgan fingerprint density at radius 3 is 2.72 bits per heavy atom. The molecule has 0 bridgehead atoms. The molecule has 0 aliphatic rings. The summed E-state index contributed by atoms with van der Waals surface area (Å²) in [6, 6.07) is 8.77. The molecule has 1 heterocycles. The molecule has 0 N–H and O–H groups in total. The number of aryl methyl sites for hydroxylation is 1. The molecule has 4 nitrogen and oxygen atoms in total. The number of esters is 1. The number of nitrogens with zero attached hydrogens (tertiary/aromatic N) is 1. The van der Waals surface area contributed by atoms with Gasteiger partial charge < -0.3 is 9.30 Å². The Morgan fingerprint density at radius 2 is 2.11 bits per heavy atom. The Hall–Kier alpha value is -2.36. The van der Waals surface area contributed by atoms with E-state index in [9.17, 15) is 9.59 Å². The van der Waals surface area contributed by atoms with Crippen LogP contribution in [0.25, 0.3) is 5.69 Å². The number of aromatic nitrogens is 1. The predicted octanol–water partition coefficient (Wildman–Crippen LogP) is 2.38. The zero-order valence-corrected chi connectivity index (χ0v) is 10.2. The van der Waals surface area contributed by atoms with Crippen LogP contribution in [0.1, 0.15) is 26.4 Å². The standard InChI is InChI=1S/C14H13NO3/c1-10-8-11(14(17)18-2)5-6-13(10)15-7-3-4-12(15)9-16/h3-9H,1-2H3. The number of ether oxygens (including phenoxy) is 1. The van der Waals surface area contributed by atoms with Crippen LogP contribution in [-0.2, 0) is 4.74 Å². The number of carbonyl (C=O) groups excluding carboxylic acids is 2. The molecular weight excluding hydrogens is 230 g/mol. The summed E-state index contributed by atoms with van der Waals surface area (Å²) in [5.41, 5.74) is 2.84. The maximum atomic E-state index is 11.4. The summed E-state index contributed by atoms with van der Waals surface area (Å²) in [6.45, 7) is 1.89. The van der Waals surface area contributed by atoms with Gasteiger partial charge in [0, 0.05) is 11.9 Å². The van der Waals surface area contributed by atoms with Crippen molar-refractivity contribution in [2.75, 3.05) is 7.11 Å². The number of hydrogen-bond donors (Lipinski definition) is 0. The van der Waals surface area contributed by atoms with E-state index in [2.05, 4.69) is 4.74 Å². The number of carbonyl (C=O) groups is 2. The van der Waals surface area contributed by atoms with E-state index in [0.29, 0.717) is 11.3 Å². The Kier molecular flexibility index (Phi) is 3.28. The summed E-state index contributed by atoms with van der Waals surface area (Å²) in [5.74, 6) is -0.368. The monoisotopic (exact) mass is 243 g/mol. The van der Waals surface area contributed by atoms with Gasteiger partial charge in [-0.15, -0.1) is 0 Å². The lowest BCUT2D eigenvalue weighted by atomic mass is 10.1. The SMILES string of the molecule is COC(=O)c1ccc(-n2cccc2C=O)c(C)c1. The lowest BCUT2D eigenvalue weighted by Gasteiger charge is -2.10. The zero-order valence-electron chi connectivity index (χ0n) is 10.2. The van der Waals surface area contributed by atoms with Crippen LogP contribution in [0.3, 0.4) is 0 Å². The Labute approximate surface area is 105 Å². The van der Waals surface area contributed by atoms with Crippen LogP contribution in [-0.4, -0.2) is 23.9 Å². The summed E-state index contributed by atoms with van der Waals surface area (Å²) in [6.07, 6.45) is 2.61. The number of benzene rings is 1. The second-order valence-electron chi connectivity index (χ2n) is 3.91. The van der Waals surface area contributed by atoms with E-state index in [4.69, 9.17) is 0 Å². The fourth-order valence-corrected chi connectivity index (χ4v) is 1.88. The van der Waals surface area contributed by atoms with Gasteiger partial charge >= 0.3 is 5.97 Å². The highest BCUT2D eigenvalue weighted by atomic mass is 16.5. The molecule has 92 valence electrons. The van der Waals surface area contributed by atoms with Gasteiger partial charge in [0.05, 0.1) is 18.4 Å². The van der Waals surface area contributed by atoms with Crippen LogP contribution in [0.15, 0.2) is 36.5 Å². The van der Waals surface area contributed by atoms with E-state index in [-0.39, 0.29) is 5.97 Å². The second kappa shape index (κ2) is 4.87. The van der Waals surface area contributed by atoms with Crippen LogP contribution < -0.4 is 0 Å². The summed E-state index contributed by atoms with van der Waals surface area (Å²) in [4.78, 5) is 22.3. The van der Waals surface area contributed by atoms with Crippen molar-refractivity contribution in [1.82, 2.24) is 4.57 Å². The van der Waals surface area contributed by atoms with Gasteiger partial charge in [0.2, 0.25) is 0 Å². The molecule has 0 amide bonds. The molecule has 2 aromatic rings. The largest absolute Gasteiger partial charge is 0.465 e. The maximum Gasteiger partial charge on any atom is 0.337 e. The number of hydrogen-bond acceptors (Lipinski definition) is 3. The van der Waals surface area contributed by atoms with Gasteiger partial charge in [0.1, 0.15) is 0 Å². The summed E-state index contributed by atoms with van der Waals surface area (Å²) in [5, 5.41) is 0. The van der Waals surface area contributed by atoms with Crippen molar-refractivity contribution in [1.29, 1.82) is 0 Å². The third kappa shape index (κ3) is 2.05. The summed E-state index contributed by atoms with van der Waals surface area (Å²) < 4.78 is 6.45. The van der Waals surface area contributed by atoms with Crippen LogP contribution >= 0.6 is 0 Å². The van der Waals surface area contributed by atoms with Crippen LogP contribution in [0.5, 0.6) is 0 Å². The minimum Gasteiger partial charge on any atom is -0.465 e. The van der Waals surface area contributed by atoms with E-state index in [1.54, 1.807) is 34.9 Å². The minimum absolute atomic E-state index is 0.368. The highest BCUT2D eigenvalue weighted by molar-refractivity contribution is 5.90. The average molecular weight is 243 g/mol. The highest BCUT2D eigenvalue weighted by Gasteiger charge is 2.09. The maximum absolute atomic E-state index is 11.4. The molecule has 0 fully saturated rings. The molecule has 1 aromatic carbocycles. The number of rotatable bonds is 3. The smallest absolute Gasteiger partial charge is 0.337 e. The van der Waals surface area contributed by atoms with Gasteiger partial charge in [0.25, 0.3) is 0 Å². The van der Waals surface area contributed by atoms with E-state index in [1.165, 1.54) is 7.11 Å². The first-order valence-corrected chi connectivity index (χ1v) is 5.49. The quantitative estimate of drug-likeness (QED) is 0.614. The van der Waals surface area contributed by atoms with Crippen LogP contribution in [0.2, 0.25) is 0 Å². The van der Waals surface area contributed by atoms with Crippen molar-refractivity contribution < 1.29 is 14.3 Å². The van der Waals surface area contributed by atoms with Gasteiger partial charge in [-0.2, -0.15) is 0 Å². The van der Waals surface area contributed by atoms with Gasteiger partial charge in [-0.1, -0.05) is 0 Å². The Bertz CT molecular complexity index is 599. The Balaban J connectivity index is 2.48. The van der Waals surface area contributed by atoms with Crippen LogP contribution in [0.4, 0.5) is 0 Å². The molecule has 4 heteroatoms. The van der Waals surface area contributed by atoms with Gasteiger partial charge in [0.15, 0.2) is 6.29 Å². The Morgan fingerprint density at radius 1 is 1.33 bits per heavy atom. The van der Waals surface area contributed by atoms with Gasteiger partial charge in [-0.3, -0.25) is 4.79 Å². The molecule has 0 aliphatic heterocycles. The van der Waals surface area contributed by atoms with E-state index >= 15 is 0 Å². The first-order valence-electron chi connectivity index (χ1n) is 5.49. The van der Waals surface area contributed by atoms with E-state index < -0.39 is 0 Å². The second-order valence-corrected chi connectivity index (χ2v) is 3.91. The summed E-state index contributed by atoms with van der Waals surface area (Å²) >= 11 is 0. The van der Waals surface area contributed by atoms with E-state index in [0.717, 1.165) is 17.5 Å². The van der Waals surface area contributed by atoms with Gasteiger partial charge in [-0.05, 0) is 42.8 Å². The third-order valence-corrected chi connectivity index (χ3v) is 2.78. The topological polar surface area (TPSA) is 48.3 Å². The molecule has 0 atom stereocenters. The molecular formula is C14H13NO3. The fourth-order valence-electron chi connectivity index (χ4n) is 1.88. The number of aldehydes is 1. The molecule has 1 aromatic heterocycles. The van der Waals surface area contributed by atoms with Crippen molar-refractivity contribution in [3.8, 4) is 5.69 Å². The first kappa shape index (κ1) is 12.1. The third-order valence-electron chi connectivity index (χ3n) is 2.78. The van der Waals surface area contributed by atoms with Crippen molar-refractivity contribution in [2.45, 2.75) is 6.92 Å². The van der Waals surface area contributed by atoms with Crippen molar-refractivity contribution in [3.63, 3.8) is 0 Å². The molecule has 0 saturated heterocycles. The molecule has 2 rings (SSSR count).